The van der Waals surface area contributed by atoms with E-state index in [-0.39, 0.29) is 29.4 Å². The first-order valence-electron chi connectivity index (χ1n) is 10.3. The molecular formula is C24H36IN3O4. The van der Waals surface area contributed by atoms with Crippen LogP contribution in [-0.4, -0.2) is 54.5 Å². The number of ether oxygens (including phenoxy) is 4. The Kier molecular flexibility index (Phi) is 11.5. The largest absolute Gasteiger partial charge is 0.493 e. The number of aliphatic imine (C=N–C) groups is 1. The van der Waals surface area contributed by atoms with Gasteiger partial charge in [-0.3, -0.25) is 4.99 Å². The summed E-state index contributed by atoms with van der Waals surface area (Å²) in [5, 5.41) is 6.79. The van der Waals surface area contributed by atoms with Gasteiger partial charge in [0.05, 0.1) is 28.4 Å². The number of nitrogens with one attached hydrogen (secondary N) is 2. The normalized spacial score (nSPS) is 11.3. The van der Waals surface area contributed by atoms with Crippen LogP contribution in [0.3, 0.4) is 0 Å². The highest BCUT2D eigenvalue weighted by molar-refractivity contribution is 14.0. The van der Waals surface area contributed by atoms with Gasteiger partial charge in [-0.2, -0.15) is 0 Å². The van der Waals surface area contributed by atoms with Crippen molar-refractivity contribution in [2.75, 3.05) is 48.6 Å². The fourth-order valence-corrected chi connectivity index (χ4v) is 3.25. The average molecular weight is 557 g/mol. The van der Waals surface area contributed by atoms with Gasteiger partial charge in [0.2, 0.25) is 0 Å². The van der Waals surface area contributed by atoms with E-state index in [0.29, 0.717) is 6.54 Å². The summed E-state index contributed by atoms with van der Waals surface area (Å²) in [6, 6.07) is 12.0. The first-order valence-corrected chi connectivity index (χ1v) is 10.3. The minimum atomic E-state index is -0.138. The number of rotatable bonds is 10. The molecule has 2 N–H and O–H groups in total. The third-order valence-electron chi connectivity index (χ3n) is 5.24. The molecule has 0 bridgehead atoms. The van der Waals surface area contributed by atoms with Crippen molar-refractivity contribution in [3.8, 4) is 23.0 Å². The van der Waals surface area contributed by atoms with Crippen molar-refractivity contribution in [3.05, 3.63) is 47.5 Å². The number of hydrogen-bond acceptors (Lipinski definition) is 5. The molecule has 2 rings (SSSR count). The summed E-state index contributed by atoms with van der Waals surface area (Å²) in [7, 11) is 8.35. The maximum atomic E-state index is 5.45. The third kappa shape index (κ3) is 7.36. The number of nitrogens with zero attached hydrogens (tertiary/aromatic N) is 1. The van der Waals surface area contributed by atoms with Gasteiger partial charge in [0, 0.05) is 25.6 Å². The highest BCUT2D eigenvalue weighted by atomic mass is 127. The molecule has 0 heterocycles. The van der Waals surface area contributed by atoms with E-state index in [9.17, 15) is 0 Å². The van der Waals surface area contributed by atoms with Gasteiger partial charge in [-0.15, -0.1) is 24.0 Å². The summed E-state index contributed by atoms with van der Waals surface area (Å²) in [5.41, 5.74) is 2.17. The summed E-state index contributed by atoms with van der Waals surface area (Å²) >= 11 is 0. The first kappa shape index (κ1) is 27.7. The highest BCUT2D eigenvalue weighted by Crippen LogP contribution is 2.33. The summed E-state index contributed by atoms with van der Waals surface area (Å²) in [6.07, 6.45) is 0.833. The van der Waals surface area contributed by atoms with Gasteiger partial charge in [-0.05, 0) is 41.8 Å². The van der Waals surface area contributed by atoms with Crippen LogP contribution in [0.25, 0.3) is 0 Å². The maximum Gasteiger partial charge on any atom is 0.191 e. The monoisotopic (exact) mass is 557 g/mol. The topological polar surface area (TPSA) is 73.3 Å². The fourth-order valence-electron chi connectivity index (χ4n) is 3.25. The molecule has 0 spiro atoms. The molecule has 0 amide bonds. The number of hydrogen-bond donors (Lipinski definition) is 2. The number of halogens is 1. The molecule has 0 aliphatic carbocycles. The molecule has 0 atom stereocenters. The molecule has 8 heteroatoms. The van der Waals surface area contributed by atoms with E-state index in [0.717, 1.165) is 53.1 Å². The second kappa shape index (κ2) is 13.2. The zero-order valence-electron chi connectivity index (χ0n) is 20.1. The molecule has 7 nitrogen and oxygen atoms in total. The summed E-state index contributed by atoms with van der Waals surface area (Å²) in [6.45, 7) is 5.81. The van der Waals surface area contributed by atoms with Crippen LogP contribution in [-0.2, 0) is 11.8 Å². The lowest BCUT2D eigenvalue weighted by molar-refractivity contribution is 0.353. The van der Waals surface area contributed by atoms with Crippen LogP contribution >= 0.6 is 24.0 Å². The lowest BCUT2D eigenvalue weighted by Crippen LogP contribution is -2.44. The van der Waals surface area contributed by atoms with E-state index in [2.05, 4.69) is 35.5 Å². The molecule has 0 aliphatic rings. The van der Waals surface area contributed by atoms with Gasteiger partial charge in [0.15, 0.2) is 29.0 Å². The Bertz CT molecular complexity index is 888. The summed E-state index contributed by atoms with van der Waals surface area (Å²) < 4.78 is 21.5. The van der Waals surface area contributed by atoms with E-state index in [1.165, 1.54) is 0 Å². The summed E-state index contributed by atoms with van der Waals surface area (Å²) in [4.78, 5) is 4.34. The van der Waals surface area contributed by atoms with Crippen molar-refractivity contribution in [1.29, 1.82) is 0 Å². The van der Waals surface area contributed by atoms with E-state index in [1.807, 2.05) is 30.3 Å². The minimum absolute atomic E-state index is 0. The molecule has 0 fully saturated rings. The quantitative estimate of drug-likeness (QED) is 0.261. The minimum Gasteiger partial charge on any atom is -0.493 e. The Morgan fingerprint density at radius 2 is 1.38 bits per heavy atom. The molecular weight excluding hydrogens is 521 g/mol. The van der Waals surface area contributed by atoms with Crippen molar-refractivity contribution >= 4 is 29.9 Å². The third-order valence-corrected chi connectivity index (χ3v) is 5.24. The summed E-state index contributed by atoms with van der Waals surface area (Å²) in [5.74, 6) is 3.68. The van der Waals surface area contributed by atoms with Gasteiger partial charge < -0.3 is 29.6 Å². The van der Waals surface area contributed by atoms with Crippen LogP contribution in [0.4, 0.5) is 0 Å². The average Bonchev–Trinajstić information content (AvgIpc) is 2.80. The fraction of sp³-hybridized carbons (Fsp3) is 0.458. The zero-order valence-corrected chi connectivity index (χ0v) is 22.4. The van der Waals surface area contributed by atoms with Crippen molar-refractivity contribution in [2.45, 2.75) is 25.7 Å². The molecule has 32 heavy (non-hydrogen) atoms. The van der Waals surface area contributed by atoms with Gasteiger partial charge in [-0.25, -0.2) is 0 Å². The van der Waals surface area contributed by atoms with Crippen LogP contribution in [0.2, 0.25) is 0 Å². The molecule has 2 aromatic carbocycles. The molecule has 0 aromatic heterocycles. The molecule has 0 saturated carbocycles. The SMILES string of the molecule is CN=C(NCCc1ccc(OC)c(OC)c1)NCC(C)(C)c1ccc(OC)c(OC)c1.I. The standard InChI is InChI=1S/C24H35N3O4.HI/c1-24(2,18-9-11-20(29-5)22(15-18)31-7)16-27-23(25-3)26-13-12-17-8-10-19(28-4)21(14-17)30-6;/h8-11,14-15H,12-13,16H2,1-7H3,(H2,25,26,27);1H. The van der Waals surface area contributed by atoms with E-state index in [1.54, 1.807) is 35.5 Å². The molecule has 0 radical (unpaired) electrons. The van der Waals surface area contributed by atoms with Crippen LogP contribution in [0, 0.1) is 0 Å². The number of guanidine groups is 1. The van der Waals surface area contributed by atoms with Crippen molar-refractivity contribution in [2.24, 2.45) is 4.99 Å². The predicted molar refractivity (Wildman–Crippen MR) is 141 cm³/mol. The second-order valence-electron chi connectivity index (χ2n) is 7.75. The number of methoxy groups -OCH3 is 4. The Morgan fingerprint density at radius 3 is 1.94 bits per heavy atom. The number of benzene rings is 2. The van der Waals surface area contributed by atoms with Gasteiger partial charge in [0.25, 0.3) is 0 Å². The van der Waals surface area contributed by atoms with Crippen LogP contribution in [0.15, 0.2) is 41.4 Å². The molecule has 0 aliphatic heterocycles. The van der Waals surface area contributed by atoms with Gasteiger partial charge >= 0.3 is 0 Å². The molecule has 0 unspecified atom stereocenters. The Morgan fingerprint density at radius 1 is 0.812 bits per heavy atom. The first-order chi connectivity index (χ1) is 14.9. The Hall–Kier alpha value is -2.36. The molecule has 178 valence electrons. The van der Waals surface area contributed by atoms with E-state index in [4.69, 9.17) is 18.9 Å². The lowest BCUT2D eigenvalue weighted by atomic mass is 9.84. The van der Waals surface area contributed by atoms with Gasteiger partial charge in [0.1, 0.15) is 0 Å². The van der Waals surface area contributed by atoms with E-state index < -0.39 is 0 Å². The molecule has 0 saturated heterocycles. The Balaban J connectivity index is 0.00000512. The lowest BCUT2D eigenvalue weighted by Gasteiger charge is -2.27. The zero-order chi connectivity index (χ0) is 22.9. The van der Waals surface area contributed by atoms with Crippen LogP contribution in [0.5, 0.6) is 23.0 Å². The van der Waals surface area contributed by atoms with E-state index >= 15 is 0 Å². The van der Waals surface area contributed by atoms with Crippen LogP contribution < -0.4 is 29.6 Å². The van der Waals surface area contributed by atoms with Crippen LogP contribution in [0.1, 0.15) is 25.0 Å². The maximum absolute atomic E-state index is 5.45. The highest BCUT2D eigenvalue weighted by Gasteiger charge is 2.22. The smallest absolute Gasteiger partial charge is 0.191 e. The van der Waals surface area contributed by atoms with Crippen molar-refractivity contribution in [3.63, 3.8) is 0 Å². The predicted octanol–water partition coefficient (Wildman–Crippen LogP) is 4.02. The second-order valence-corrected chi connectivity index (χ2v) is 7.75. The molecule has 2 aromatic rings. The van der Waals surface area contributed by atoms with Gasteiger partial charge in [-0.1, -0.05) is 26.0 Å². The van der Waals surface area contributed by atoms with Crippen molar-refractivity contribution in [1.82, 2.24) is 10.6 Å². The van der Waals surface area contributed by atoms with Crippen molar-refractivity contribution < 1.29 is 18.9 Å². The Labute approximate surface area is 208 Å².